The van der Waals surface area contributed by atoms with Gasteiger partial charge in [0.1, 0.15) is 24.7 Å². The fourth-order valence-corrected chi connectivity index (χ4v) is 7.62. The Morgan fingerprint density at radius 2 is 1.93 bits per heavy atom. The van der Waals surface area contributed by atoms with E-state index in [1.807, 2.05) is 13.1 Å². The number of hydrogen-bond acceptors (Lipinski definition) is 8. The van der Waals surface area contributed by atoms with Crippen molar-refractivity contribution in [3.05, 3.63) is 48.1 Å². The predicted molar refractivity (Wildman–Crippen MR) is 159 cm³/mol. The van der Waals surface area contributed by atoms with Crippen LogP contribution in [0.25, 0.3) is 0 Å². The molecule has 6 unspecified atom stereocenters. The fourth-order valence-electron chi connectivity index (χ4n) is 7.62. The van der Waals surface area contributed by atoms with Crippen LogP contribution in [0, 0.1) is 23.7 Å². The van der Waals surface area contributed by atoms with E-state index in [1.54, 1.807) is 30.2 Å². The SMILES string of the molecule is C=CCOC12Oc3ccc(O)cc3C3C(CCCCO)C(CCCCO)C=C(C(=NOC)CC1N(C)C(=O)C1CC1)C32. The maximum atomic E-state index is 13.6. The molecule has 1 aromatic carbocycles. The Morgan fingerprint density at radius 1 is 1.19 bits per heavy atom. The molecule has 1 amide bonds. The van der Waals surface area contributed by atoms with E-state index in [0.29, 0.717) is 18.6 Å². The van der Waals surface area contributed by atoms with Crippen molar-refractivity contribution in [2.24, 2.45) is 28.8 Å². The minimum atomic E-state index is -1.22. The van der Waals surface area contributed by atoms with E-state index in [9.17, 15) is 20.1 Å². The molecule has 6 atom stereocenters. The molecule has 0 aromatic heterocycles. The molecule has 0 bridgehead atoms. The zero-order chi connectivity index (χ0) is 29.9. The van der Waals surface area contributed by atoms with Crippen molar-refractivity contribution in [1.82, 2.24) is 4.90 Å². The molecule has 1 heterocycles. The largest absolute Gasteiger partial charge is 0.508 e. The molecule has 9 heteroatoms. The van der Waals surface area contributed by atoms with Gasteiger partial charge in [-0.2, -0.15) is 0 Å². The van der Waals surface area contributed by atoms with Crippen LogP contribution in [0.15, 0.2) is 47.7 Å². The highest BCUT2D eigenvalue weighted by Crippen LogP contribution is 2.61. The smallest absolute Gasteiger partial charge is 0.239 e. The van der Waals surface area contributed by atoms with E-state index in [-0.39, 0.29) is 61.1 Å². The summed E-state index contributed by atoms with van der Waals surface area (Å²) in [6.45, 7) is 4.43. The molecule has 230 valence electrons. The monoisotopic (exact) mass is 582 g/mol. The predicted octanol–water partition coefficient (Wildman–Crippen LogP) is 4.52. The first-order valence-electron chi connectivity index (χ1n) is 15.5. The number of hydrogen-bond donors (Lipinski definition) is 3. The summed E-state index contributed by atoms with van der Waals surface area (Å²) in [5.74, 6) is -0.439. The fraction of sp³-hybridized carbons (Fsp3) is 0.636. The van der Waals surface area contributed by atoms with Gasteiger partial charge in [0.05, 0.1) is 18.2 Å². The number of carbonyl (C=O) groups is 1. The molecule has 1 aromatic rings. The number of carbonyl (C=O) groups excluding carboxylic acids is 1. The van der Waals surface area contributed by atoms with Crippen LogP contribution < -0.4 is 4.74 Å². The number of benzene rings is 1. The first kappa shape index (κ1) is 30.6. The summed E-state index contributed by atoms with van der Waals surface area (Å²) in [5, 5.41) is 34.4. The van der Waals surface area contributed by atoms with Gasteiger partial charge in [-0.15, -0.1) is 6.58 Å². The summed E-state index contributed by atoms with van der Waals surface area (Å²) in [4.78, 5) is 20.8. The Balaban J connectivity index is 1.72. The molecule has 0 saturated heterocycles. The zero-order valence-corrected chi connectivity index (χ0v) is 24.9. The number of aliphatic hydroxyl groups excluding tert-OH is 2. The maximum absolute atomic E-state index is 13.6. The molecular formula is C33H46N2O7. The Kier molecular flexibility index (Phi) is 9.60. The quantitative estimate of drug-likeness (QED) is 0.168. The maximum Gasteiger partial charge on any atom is 0.239 e. The van der Waals surface area contributed by atoms with Crippen LogP contribution >= 0.6 is 0 Å². The van der Waals surface area contributed by atoms with Crippen LogP contribution in [0.3, 0.4) is 0 Å². The molecule has 2 fully saturated rings. The lowest BCUT2D eigenvalue weighted by molar-refractivity contribution is -0.255. The van der Waals surface area contributed by atoms with E-state index < -0.39 is 11.8 Å². The van der Waals surface area contributed by atoms with Gasteiger partial charge in [0.25, 0.3) is 0 Å². The van der Waals surface area contributed by atoms with Crippen molar-refractivity contribution in [3.8, 4) is 11.5 Å². The third kappa shape index (κ3) is 5.71. The highest BCUT2D eigenvalue weighted by Gasteiger charge is 2.65. The van der Waals surface area contributed by atoms with Crippen LogP contribution in [-0.4, -0.2) is 77.6 Å². The summed E-state index contributed by atoms with van der Waals surface area (Å²) >= 11 is 0. The van der Waals surface area contributed by atoms with Crippen LogP contribution in [0.1, 0.15) is 69.3 Å². The number of phenols is 1. The summed E-state index contributed by atoms with van der Waals surface area (Å²) in [6, 6.07) is 4.77. The molecule has 9 nitrogen and oxygen atoms in total. The standard InChI is InChI=1S/C33H46N2O7/c1-4-17-41-33-29(35(2)32(39)21-11-12-21)20-27(34-40-3)25-18-22(9-5-7-15-36)24(10-6-8-16-37)30(31(25)33)26-19-23(38)13-14-28(26)42-33/h4,13-14,18-19,21-22,24,29-31,36-38H,1,5-12,15-17,20H2,2-3H3. The Hall–Kier alpha value is -2.88. The van der Waals surface area contributed by atoms with Gasteiger partial charge in [-0.3, -0.25) is 4.79 Å². The molecule has 4 aliphatic rings. The lowest BCUT2D eigenvalue weighted by Crippen LogP contribution is -2.69. The second-order valence-corrected chi connectivity index (χ2v) is 12.2. The molecule has 2 saturated carbocycles. The van der Waals surface area contributed by atoms with Gasteiger partial charge in [0.15, 0.2) is 0 Å². The molecular weight excluding hydrogens is 536 g/mol. The van der Waals surface area contributed by atoms with Gasteiger partial charge in [0.2, 0.25) is 11.7 Å². The van der Waals surface area contributed by atoms with Gasteiger partial charge < -0.3 is 34.5 Å². The summed E-state index contributed by atoms with van der Waals surface area (Å²) < 4.78 is 13.7. The molecule has 0 spiro atoms. The average molecular weight is 583 g/mol. The number of allylic oxidation sites excluding steroid dienone is 1. The third-order valence-corrected chi connectivity index (χ3v) is 9.60. The Morgan fingerprint density at radius 3 is 2.60 bits per heavy atom. The van der Waals surface area contributed by atoms with E-state index >= 15 is 0 Å². The van der Waals surface area contributed by atoms with Gasteiger partial charge >= 0.3 is 0 Å². The van der Waals surface area contributed by atoms with E-state index in [2.05, 4.69) is 17.8 Å². The number of fused-ring (bicyclic) bond motifs is 2. The lowest BCUT2D eigenvalue weighted by Gasteiger charge is -2.59. The topological polar surface area (TPSA) is 121 Å². The van der Waals surface area contributed by atoms with Gasteiger partial charge in [-0.25, -0.2) is 0 Å². The number of aromatic hydroxyl groups is 1. The first-order chi connectivity index (χ1) is 20.4. The number of oxime groups is 1. The van der Waals surface area contributed by atoms with Gasteiger partial charge in [-0.05, 0) is 74.1 Å². The molecule has 3 aliphatic carbocycles. The Bertz CT molecular complexity index is 1190. The highest BCUT2D eigenvalue weighted by atomic mass is 16.7. The van der Waals surface area contributed by atoms with Gasteiger partial charge in [-0.1, -0.05) is 30.1 Å². The summed E-state index contributed by atoms with van der Waals surface area (Å²) in [5.41, 5.74) is 2.69. The Labute approximate surface area is 248 Å². The van der Waals surface area contributed by atoms with Crippen LogP contribution in [0.4, 0.5) is 0 Å². The first-order valence-corrected chi connectivity index (χ1v) is 15.5. The molecule has 1 aliphatic heterocycles. The number of rotatable bonds is 14. The molecule has 0 radical (unpaired) electrons. The number of nitrogens with zero attached hydrogens (tertiary/aromatic N) is 2. The molecule has 5 rings (SSSR count). The summed E-state index contributed by atoms with van der Waals surface area (Å²) in [7, 11) is 3.38. The highest BCUT2D eigenvalue weighted by molar-refractivity contribution is 6.03. The lowest BCUT2D eigenvalue weighted by atomic mass is 9.55. The molecule has 42 heavy (non-hydrogen) atoms. The molecule has 3 N–H and O–H groups in total. The second-order valence-electron chi connectivity index (χ2n) is 12.2. The number of unbranched alkanes of at least 4 members (excludes halogenated alkanes) is 2. The van der Waals surface area contributed by atoms with Crippen LogP contribution in [-0.2, 0) is 14.4 Å². The number of amides is 1. The number of likely N-dealkylation sites (N-methyl/N-ethyl adjacent to an activating group) is 1. The van der Waals surface area contributed by atoms with Crippen molar-refractivity contribution in [3.63, 3.8) is 0 Å². The van der Waals surface area contributed by atoms with Gasteiger partial charge in [0, 0.05) is 44.1 Å². The average Bonchev–Trinajstić information content (AvgIpc) is 3.84. The van der Waals surface area contributed by atoms with Crippen LogP contribution in [0.2, 0.25) is 0 Å². The van der Waals surface area contributed by atoms with Crippen molar-refractivity contribution in [2.75, 3.05) is 34.0 Å². The number of aliphatic hydroxyl groups is 2. The van der Waals surface area contributed by atoms with Crippen molar-refractivity contribution >= 4 is 11.6 Å². The second kappa shape index (κ2) is 13.2. The summed E-state index contributed by atoms with van der Waals surface area (Å²) in [6.07, 6.45) is 11.1. The van der Waals surface area contributed by atoms with Crippen LogP contribution in [0.5, 0.6) is 11.5 Å². The number of ether oxygens (including phenoxy) is 2. The van der Waals surface area contributed by atoms with E-state index in [0.717, 1.165) is 61.8 Å². The van der Waals surface area contributed by atoms with Crippen molar-refractivity contribution in [1.29, 1.82) is 0 Å². The van der Waals surface area contributed by atoms with Crippen molar-refractivity contribution < 1.29 is 34.4 Å². The normalized spacial score (nSPS) is 30.5. The third-order valence-electron chi connectivity index (χ3n) is 9.60. The zero-order valence-electron chi connectivity index (χ0n) is 24.9. The number of phenolic OH excluding ortho intramolecular Hbond substituents is 1. The van der Waals surface area contributed by atoms with E-state index in [4.69, 9.17) is 14.3 Å². The van der Waals surface area contributed by atoms with Crippen molar-refractivity contribution in [2.45, 2.75) is 75.5 Å². The van der Waals surface area contributed by atoms with E-state index in [1.165, 1.54) is 0 Å². The minimum absolute atomic E-state index is 0.0170. The minimum Gasteiger partial charge on any atom is -0.508 e.